The molecule has 0 aromatic carbocycles. The minimum Gasteiger partial charge on any atom is -0.462 e. The standard InChI is InChI=1S/C49H78O2/c1-7-8-9-10-11-12-13-14-15-16-17-18-19-20-21-22-23-24-25-29-47(50)51-42-34-36-48(5)41(38-42)30-31-43-45-33-32-44(40(4)28-26-27-39(2)3)49(45,6)37-35-46(43)48/h8-9,11-12,14-15,17-18,20-21,30,39-40,42-46H,7,10,13,16,19,22-29,31-38H2,1-6H3/t40-,42+,43?,44?,45?,46?,48+,49-/m1/s1. The van der Waals surface area contributed by atoms with Crippen LogP contribution in [0.1, 0.15) is 176 Å². The molecule has 0 N–H and O–H groups in total. The number of unbranched alkanes of at least 4 members (excludes halogenated alkanes) is 3. The fraction of sp³-hybridized carbons (Fsp3) is 0.735. The Bertz CT molecular complexity index is 1210. The summed E-state index contributed by atoms with van der Waals surface area (Å²) in [6.45, 7) is 14.8. The van der Waals surface area contributed by atoms with Gasteiger partial charge in [0, 0.05) is 12.8 Å². The van der Waals surface area contributed by atoms with Crippen molar-refractivity contribution in [1.29, 1.82) is 0 Å². The zero-order valence-corrected chi connectivity index (χ0v) is 34.1. The quantitative estimate of drug-likeness (QED) is 0.0677. The number of carbonyl (C=O) groups is 1. The Kier molecular flexibility index (Phi) is 17.6. The van der Waals surface area contributed by atoms with Crippen LogP contribution in [-0.4, -0.2) is 12.1 Å². The first-order chi connectivity index (χ1) is 24.7. The smallest absolute Gasteiger partial charge is 0.306 e. The zero-order valence-electron chi connectivity index (χ0n) is 34.1. The maximum Gasteiger partial charge on any atom is 0.306 e. The molecule has 0 bridgehead atoms. The summed E-state index contributed by atoms with van der Waals surface area (Å²) in [7, 11) is 0. The van der Waals surface area contributed by atoms with Crippen molar-refractivity contribution >= 4 is 5.97 Å². The van der Waals surface area contributed by atoms with Gasteiger partial charge in [-0.3, -0.25) is 4.79 Å². The van der Waals surface area contributed by atoms with Crippen LogP contribution in [0.2, 0.25) is 0 Å². The first-order valence-corrected chi connectivity index (χ1v) is 21.8. The van der Waals surface area contributed by atoms with Gasteiger partial charge in [0.1, 0.15) is 6.10 Å². The summed E-state index contributed by atoms with van der Waals surface area (Å²) < 4.78 is 6.12. The molecule has 4 rings (SSSR count). The van der Waals surface area contributed by atoms with Crippen LogP contribution in [0.3, 0.4) is 0 Å². The second kappa shape index (κ2) is 21.6. The average molecular weight is 699 g/mol. The van der Waals surface area contributed by atoms with Crippen LogP contribution in [0.25, 0.3) is 0 Å². The van der Waals surface area contributed by atoms with Crippen LogP contribution in [-0.2, 0) is 9.53 Å². The van der Waals surface area contributed by atoms with E-state index in [-0.39, 0.29) is 12.1 Å². The molecular weight excluding hydrogens is 621 g/mol. The Balaban J connectivity index is 1.09. The first-order valence-electron chi connectivity index (χ1n) is 21.8. The maximum atomic E-state index is 12.8. The number of carbonyl (C=O) groups excluding carboxylic acids is 1. The van der Waals surface area contributed by atoms with E-state index < -0.39 is 0 Å². The van der Waals surface area contributed by atoms with Crippen molar-refractivity contribution in [3.8, 4) is 0 Å². The maximum absolute atomic E-state index is 12.8. The molecule has 0 aromatic heterocycles. The molecule has 0 heterocycles. The van der Waals surface area contributed by atoms with E-state index in [1.54, 1.807) is 5.57 Å². The van der Waals surface area contributed by atoms with Gasteiger partial charge in [0.15, 0.2) is 0 Å². The Morgan fingerprint density at radius 1 is 0.765 bits per heavy atom. The molecule has 0 spiro atoms. The summed E-state index contributed by atoms with van der Waals surface area (Å²) in [6.07, 6.45) is 49.7. The van der Waals surface area contributed by atoms with Crippen molar-refractivity contribution in [2.75, 3.05) is 0 Å². The number of ether oxygens (including phenoxy) is 1. The van der Waals surface area contributed by atoms with Gasteiger partial charge in [-0.05, 0) is 143 Å². The van der Waals surface area contributed by atoms with Crippen molar-refractivity contribution in [3.63, 3.8) is 0 Å². The van der Waals surface area contributed by atoms with Crippen LogP contribution in [0.5, 0.6) is 0 Å². The summed E-state index contributed by atoms with van der Waals surface area (Å²) >= 11 is 0. The lowest BCUT2D eigenvalue weighted by molar-refractivity contribution is -0.151. The first kappa shape index (κ1) is 41.7. The molecule has 4 unspecified atom stereocenters. The minimum absolute atomic E-state index is 0.0284. The van der Waals surface area contributed by atoms with Gasteiger partial charge in [-0.2, -0.15) is 0 Å². The molecule has 0 amide bonds. The van der Waals surface area contributed by atoms with Gasteiger partial charge < -0.3 is 4.74 Å². The molecule has 2 nitrogen and oxygen atoms in total. The lowest BCUT2D eigenvalue weighted by Crippen LogP contribution is -2.51. The number of hydrogen-bond donors (Lipinski definition) is 0. The van der Waals surface area contributed by atoms with Gasteiger partial charge in [0.2, 0.25) is 0 Å². The van der Waals surface area contributed by atoms with Crippen molar-refractivity contribution < 1.29 is 9.53 Å². The molecule has 0 radical (unpaired) electrons. The third-order valence-corrected chi connectivity index (χ3v) is 14.0. The van der Waals surface area contributed by atoms with E-state index in [0.717, 1.165) is 106 Å². The van der Waals surface area contributed by atoms with E-state index in [4.69, 9.17) is 4.74 Å². The van der Waals surface area contributed by atoms with Crippen LogP contribution >= 0.6 is 0 Å². The molecule has 3 fully saturated rings. The highest BCUT2D eigenvalue weighted by Crippen LogP contribution is 2.67. The molecule has 0 aliphatic heterocycles. The second-order valence-electron chi connectivity index (χ2n) is 18.0. The number of esters is 1. The zero-order chi connectivity index (χ0) is 36.5. The van der Waals surface area contributed by atoms with Crippen LogP contribution in [0.15, 0.2) is 72.4 Å². The van der Waals surface area contributed by atoms with Gasteiger partial charge in [0.25, 0.3) is 0 Å². The number of allylic oxidation sites excluding steroid dienone is 11. The molecular formula is C49H78O2. The van der Waals surface area contributed by atoms with Gasteiger partial charge in [-0.15, -0.1) is 0 Å². The topological polar surface area (TPSA) is 26.3 Å². The third kappa shape index (κ3) is 12.2. The highest BCUT2D eigenvalue weighted by atomic mass is 16.5. The Labute approximate surface area is 315 Å². The highest BCUT2D eigenvalue weighted by molar-refractivity contribution is 5.69. The second-order valence-corrected chi connectivity index (χ2v) is 18.0. The van der Waals surface area contributed by atoms with E-state index >= 15 is 0 Å². The Morgan fingerprint density at radius 3 is 2.10 bits per heavy atom. The predicted molar refractivity (Wildman–Crippen MR) is 220 cm³/mol. The van der Waals surface area contributed by atoms with E-state index in [9.17, 15) is 4.79 Å². The third-order valence-electron chi connectivity index (χ3n) is 14.0. The normalized spacial score (nSPS) is 31.6. The van der Waals surface area contributed by atoms with Gasteiger partial charge in [-0.25, -0.2) is 0 Å². The number of fused-ring (bicyclic) bond motifs is 5. The van der Waals surface area contributed by atoms with Crippen molar-refractivity contribution in [2.45, 2.75) is 182 Å². The van der Waals surface area contributed by atoms with E-state index in [1.807, 2.05) is 0 Å². The van der Waals surface area contributed by atoms with Crippen LogP contribution in [0, 0.1) is 46.3 Å². The Hall–Kier alpha value is -2.09. The van der Waals surface area contributed by atoms with Gasteiger partial charge in [0.05, 0.1) is 0 Å². The SMILES string of the molecule is CCC=CCC=CCC=CCC=CCC=CCCCCCC(=O)O[C@H]1CC[C@@]2(C)C(=CCC3C4CCC([C@H](C)CCCC(C)C)[C@@]4(C)CCC32)C1. The molecule has 3 saturated carbocycles. The lowest BCUT2D eigenvalue weighted by atomic mass is 9.47. The molecule has 51 heavy (non-hydrogen) atoms. The summed E-state index contributed by atoms with van der Waals surface area (Å²) in [6, 6.07) is 0. The molecule has 0 aromatic rings. The van der Waals surface area contributed by atoms with Gasteiger partial charge in [-0.1, -0.05) is 140 Å². The van der Waals surface area contributed by atoms with E-state index in [2.05, 4.69) is 108 Å². The minimum atomic E-state index is 0.0284. The van der Waals surface area contributed by atoms with Crippen molar-refractivity contribution in [1.82, 2.24) is 0 Å². The van der Waals surface area contributed by atoms with Crippen LogP contribution < -0.4 is 0 Å². The molecule has 286 valence electrons. The molecule has 4 aliphatic carbocycles. The van der Waals surface area contributed by atoms with Crippen molar-refractivity contribution in [3.05, 3.63) is 72.4 Å². The fourth-order valence-corrected chi connectivity index (χ4v) is 11.1. The molecule has 2 heteroatoms. The summed E-state index contributed by atoms with van der Waals surface area (Å²) in [4.78, 5) is 12.8. The molecule has 4 aliphatic rings. The molecule has 0 saturated heterocycles. The summed E-state index contributed by atoms with van der Waals surface area (Å²) in [5, 5.41) is 0. The predicted octanol–water partition coefficient (Wildman–Crippen LogP) is 14.6. The monoisotopic (exact) mass is 699 g/mol. The fourth-order valence-electron chi connectivity index (χ4n) is 11.1. The van der Waals surface area contributed by atoms with E-state index in [0.29, 0.717) is 17.3 Å². The molecule has 8 atom stereocenters. The van der Waals surface area contributed by atoms with Gasteiger partial charge >= 0.3 is 5.97 Å². The Morgan fingerprint density at radius 2 is 1.43 bits per heavy atom. The van der Waals surface area contributed by atoms with E-state index in [1.165, 1.54) is 57.8 Å². The number of hydrogen-bond acceptors (Lipinski definition) is 2. The highest BCUT2D eigenvalue weighted by Gasteiger charge is 2.59. The number of rotatable bonds is 21. The average Bonchev–Trinajstić information content (AvgIpc) is 3.46. The summed E-state index contributed by atoms with van der Waals surface area (Å²) in [5.41, 5.74) is 2.49. The summed E-state index contributed by atoms with van der Waals surface area (Å²) in [5.74, 6) is 5.24. The lowest BCUT2D eigenvalue weighted by Gasteiger charge is -2.58. The largest absolute Gasteiger partial charge is 0.462 e. The van der Waals surface area contributed by atoms with Crippen molar-refractivity contribution in [2.24, 2.45) is 46.3 Å². The van der Waals surface area contributed by atoms with Crippen LogP contribution in [0.4, 0.5) is 0 Å².